The minimum absolute atomic E-state index is 0.420. The molecule has 2 aliphatic heterocycles. The highest BCUT2D eigenvalue weighted by atomic mass is 19.1. The Hall–Kier alpha value is -2.36. The van der Waals surface area contributed by atoms with Crippen LogP contribution in [0.15, 0.2) is 49.2 Å². The third kappa shape index (κ3) is 2.60. The Bertz CT molecular complexity index is 824. The zero-order valence-electron chi connectivity index (χ0n) is 15.0. The summed E-state index contributed by atoms with van der Waals surface area (Å²) in [4.78, 5) is 9.53. The van der Waals surface area contributed by atoms with Gasteiger partial charge in [-0.3, -0.25) is 0 Å². The molecular formula is C21H24FN3. The number of rotatable bonds is 3. The SMILES string of the molecule is C=CN1c2nc(-c3cccc(C(C)(C)F)c3)ccc2N2CC(C)C1C2. The first-order valence-electron chi connectivity index (χ1n) is 8.85. The van der Waals surface area contributed by atoms with Crippen molar-refractivity contribution in [2.45, 2.75) is 32.5 Å². The van der Waals surface area contributed by atoms with Crippen molar-refractivity contribution in [2.75, 3.05) is 22.9 Å². The Kier molecular flexibility index (Phi) is 3.60. The number of anilines is 2. The molecule has 2 aliphatic rings. The fourth-order valence-corrected chi connectivity index (χ4v) is 3.97. The number of halogens is 1. The second-order valence-electron chi connectivity index (χ2n) is 7.63. The van der Waals surface area contributed by atoms with E-state index < -0.39 is 5.67 Å². The minimum atomic E-state index is -1.36. The third-order valence-electron chi connectivity index (χ3n) is 5.41. The summed E-state index contributed by atoms with van der Waals surface area (Å²) < 4.78 is 14.3. The van der Waals surface area contributed by atoms with Crippen LogP contribution in [0.2, 0.25) is 0 Å². The van der Waals surface area contributed by atoms with E-state index in [0.29, 0.717) is 17.5 Å². The van der Waals surface area contributed by atoms with Gasteiger partial charge in [-0.2, -0.15) is 0 Å². The van der Waals surface area contributed by atoms with Gasteiger partial charge < -0.3 is 9.80 Å². The minimum Gasteiger partial charge on any atom is -0.366 e. The Labute approximate surface area is 148 Å². The molecule has 0 aliphatic carbocycles. The predicted octanol–water partition coefficient (Wildman–Crippen LogP) is 4.74. The molecule has 2 unspecified atom stereocenters. The molecule has 0 N–H and O–H groups in total. The van der Waals surface area contributed by atoms with Crippen LogP contribution in [-0.4, -0.2) is 24.1 Å². The zero-order valence-corrected chi connectivity index (χ0v) is 15.0. The maximum absolute atomic E-state index is 14.3. The lowest BCUT2D eigenvalue weighted by atomic mass is 9.97. The van der Waals surface area contributed by atoms with Crippen molar-refractivity contribution in [1.29, 1.82) is 0 Å². The highest BCUT2D eigenvalue weighted by molar-refractivity contribution is 5.77. The summed E-state index contributed by atoms with van der Waals surface area (Å²) in [5.74, 6) is 1.53. The van der Waals surface area contributed by atoms with E-state index in [2.05, 4.69) is 29.4 Å². The van der Waals surface area contributed by atoms with Crippen molar-refractivity contribution >= 4 is 11.5 Å². The van der Waals surface area contributed by atoms with E-state index in [4.69, 9.17) is 4.98 Å². The molecule has 2 bridgehead atoms. The van der Waals surface area contributed by atoms with Gasteiger partial charge in [-0.15, -0.1) is 0 Å². The Balaban J connectivity index is 1.79. The van der Waals surface area contributed by atoms with Crippen LogP contribution in [0.3, 0.4) is 0 Å². The van der Waals surface area contributed by atoms with E-state index >= 15 is 0 Å². The quantitative estimate of drug-likeness (QED) is 0.806. The summed E-state index contributed by atoms with van der Waals surface area (Å²) in [7, 11) is 0. The lowest BCUT2D eigenvalue weighted by Crippen LogP contribution is -2.41. The standard InChI is InChI=1S/C21H24FN3/c1-5-25-19-13-24(12-14(19)2)18-10-9-17(23-20(18)25)15-7-6-8-16(11-15)21(3,4)22/h5-11,14,19H,1,12-13H2,2-4H3. The summed E-state index contributed by atoms with van der Waals surface area (Å²) in [6, 6.07) is 12.2. The molecule has 25 heavy (non-hydrogen) atoms. The van der Waals surface area contributed by atoms with E-state index in [0.717, 1.165) is 35.9 Å². The summed E-state index contributed by atoms with van der Waals surface area (Å²) in [6.45, 7) is 11.5. The van der Waals surface area contributed by atoms with E-state index in [1.807, 2.05) is 36.5 Å². The van der Waals surface area contributed by atoms with Crippen molar-refractivity contribution in [1.82, 2.24) is 4.98 Å². The number of hydrogen-bond donors (Lipinski definition) is 0. The van der Waals surface area contributed by atoms with Gasteiger partial charge in [0.2, 0.25) is 0 Å². The van der Waals surface area contributed by atoms with Gasteiger partial charge in [-0.1, -0.05) is 31.7 Å². The second kappa shape index (κ2) is 5.58. The Morgan fingerprint density at radius 2 is 2.04 bits per heavy atom. The van der Waals surface area contributed by atoms with Crippen LogP contribution in [0, 0.1) is 5.92 Å². The third-order valence-corrected chi connectivity index (χ3v) is 5.41. The summed E-state index contributed by atoms with van der Waals surface area (Å²) in [6.07, 6.45) is 1.89. The van der Waals surface area contributed by atoms with Gasteiger partial charge in [-0.25, -0.2) is 9.37 Å². The maximum Gasteiger partial charge on any atom is 0.157 e. The molecule has 3 nitrogen and oxygen atoms in total. The van der Waals surface area contributed by atoms with E-state index in [1.165, 1.54) is 0 Å². The fraction of sp³-hybridized carbons (Fsp3) is 0.381. The van der Waals surface area contributed by atoms with Gasteiger partial charge in [0.1, 0.15) is 5.67 Å². The van der Waals surface area contributed by atoms with Crippen LogP contribution in [0.1, 0.15) is 26.3 Å². The predicted molar refractivity (Wildman–Crippen MR) is 102 cm³/mol. The molecule has 2 aromatic rings. The molecule has 0 spiro atoms. The Morgan fingerprint density at radius 3 is 2.76 bits per heavy atom. The van der Waals surface area contributed by atoms with Crippen molar-refractivity contribution in [3.05, 3.63) is 54.7 Å². The van der Waals surface area contributed by atoms with Crippen molar-refractivity contribution < 1.29 is 4.39 Å². The van der Waals surface area contributed by atoms with E-state index in [1.54, 1.807) is 13.8 Å². The molecule has 1 aromatic heterocycles. The zero-order chi connectivity index (χ0) is 17.8. The summed E-state index contributed by atoms with van der Waals surface area (Å²) in [5.41, 5.74) is 2.27. The summed E-state index contributed by atoms with van der Waals surface area (Å²) in [5, 5.41) is 0. The van der Waals surface area contributed by atoms with E-state index in [9.17, 15) is 4.39 Å². The monoisotopic (exact) mass is 337 g/mol. The average Bonchev–Trinajstić information content (AvgIpc) is 2.92. The van der Waals surface area contributed by atoms with Gasteiger partial charge in [0, 0.05) is 18.7 Å². The number of fused-ring (bicyclic) bond motifs is 4. The number of pyridine rings is 1. The number of alkyl halides is 1. The van der Waals surface area contributed by atoms with Crippen molar-refractivity contribution in [2.24, 2.45) is 5.92 Å². The van der Waals surface area contributed by atoms with E-state index in [-0.39, 0.29) is 0 Å². The first kappa shape index (κ1) is 16.1. The van der Waals surface area contributed by atoms with Gasteiger partial charge >= 0.3 is 0 Å². The number of aromatic nitrogens is 1. The summed E-state index contributed by atoms with van der Waals surface area (Å²) >= 11 is 0. The molecule has 0 radical (unpaired) electrons. The largest absolute Gasteiger partial charge is 0.366 e. The van der Waals surface area contributed by atoms with Crippen LogP contribution < -0.4 is 9.80 Å². The second-order valence-corrected chi connectivity index (χ2v) is 7.63. The van der Waals surface area contributed by atoms with Gasteiger partial charge in [0.05, 0.1) is 17.4 Å². The molecular weight excluding hydrogens is 313 g/mol. The smallest absolute Gasteiger partial charge is 0.157 e. The normalized spacial score (nSPS) is 22.1. The first-order valence-corrected chi connectivity index (χ1v) is 8.85. The van der Waals surface area contributed by atoms with Crippen LogP contribution >= 0.6 is 0 Å². The number of hydrogen-bond acceptors (Lipinski definition) is 3. The van der Waals surface area contributed by atoms with Crippen LogP contribution in [0.5, 0.6) is 0 Å². The van der Waals surface area contributed by atoms with Crippen LogP contribution in [0.25, 0.3) is 11.3 Å². The van der Waals surface area contributed by atoms with Crippen molar-refractivity contribution in [3.63, 3.8) is 0 Å². The number of benzene rings is 1. The lowest BCUT2D eigenvalue weighted by Gasteiger charge is -2.35. The molecule has 4 heteroatoms. The molecule has 3 heterocycles. The highest BCUT2D eigenvalue weighted by Crippen LogP contribution is 2.42. The molecule has 1 fully saturated rings. The lowest BCUT2D eigenvalue weighted by molar-refractivity contribution is 0.221. The van der Waals surface area contributed by atoms with Crippen molar-refractivity contribution in [3.8, 4) is 11.3 Å². The molecule has 1 saturated heterocycles. The molecule has 130 valence electrons. The van der Waals surface area contributed by atoms with Crippen LogP contribution in [-0.2, 0) is 5.67 Å². The molecule has 0 saturated carbocycles. The average molecular weight is 337 g/mol. The van der Waals surface area contributed by atoms with Gasteiger partial charge in [0.25, 0.3) is 0 Å². The fourth-order valence-electron chi connectivity index (χ4n) is 3.97. The van der Waals surface area contributed by atoms with Crippen LogP contribution in [0.4, 0.5) is 15.9 Å². The molecule has 1 aromatic carbocycles. The van der Waals surface area contributed by atoms with Gasteiger partial charge in [-0.05, 0) is 49.7 Å². The highest BCUT2D eigenvalue weighted by Gasteiger charge is 2.40. The number of nitrogens with zero attached hydrogens (tertiary/aromatic N) is 3. The molecule has 4 rings (SSSR count). The molecule has 0 amide bonds. The molecule has 2 atom stereocenters. The van der Waals surface area contributed by atoms with Gasteiger partial charge in [0.15, 0.2) is 5.82 Å². The maximum atomic E-state index is 14.3. The first-order chi connectivity index (χ1) is 11.9. The Morgan fingerprint density at radius 1 is 1.24 bits per heavy atom. The topological polar surface area (TPSA) is 19.4 Å².